The number of hydrogen-bond donors (Lipinski definition) is 1. The number of nitrogens with one attached hydrogen (secondary N) is 1. The minimum atomic E-state index is -0.714. The molecule has 0 spiro atoms. The number of carbonyl (C=O) groups is 2. The fraction of sp³-hybridized carbons (Fsp3) is 0.550. The van der Waals surface area contributed by atoms with Crippen LogP contribution in [0.15, 0.2) is 23.3 Å². The molecule has 8 heteroatoms. The number of rotatable bonds is 6. The smallest absolute Gasteiger partial charge is 0.438 e. The molecule has 2 aliphatic rings. The van der Waals surface area contributed by atoms with Crippen LogP contribution in [0.3, 0.4) is 0 Å². The molecule has 3 rings (SSSR count). The van der Waals surface area contributed by atoms with Crippen molar-refractivity contribution in [3.05, 3.63) is 29.3 Å². The zero-order valence-corrected chi connectivity index (χ0v) is 17.6. The van der Waals surface area contributed by atoms with Crippen LogP contribution in [0.2, 0.25) is 0 Å². The maximum Gasteiger partial charge on any atom is 0.438 e. The second-order valence-electron chi connectivity index (χ2n) is 6.87. The molecule has 1 atom stereocenters. The monoisotopic (exact) mass is 404 g/mol. The third-order valence-corrected chi connectivity index (χ3v) is 6.03. The Bertz CT molecular complexity index is 764. The van der Waals surface area contributed by atoms with Gasteiger partial charge < -0.3 is 15.0 Å². The molecule has 0 fully saturated rings. The van der Waals surface area contributed by atoms with Crippen LogP contribution in [0.25, 0.3) is 0 Å². The molecule has 1 aromatic carbocycles. The normalized spacial score (nSPS) is 19.1. The topological polar surface area (TPSA) is 74.2 Å². The summed E-state index contributed by atoms with van der Waals surface area (Å²) in [5, 5.41) is 8.10. The van der Waals surface area contributed by atoms with Gasteiger partial charge in [-0.05, 0) is 56.1 Å². The number of likely N-dealkylation sites (N-methyl/N-ethyl adjacent to an activating group) is 1. The van der Waals surface area contributed by atoms with E-state index < -0.39 is 11.3 Å². The first-order valence-electron chi connectivity index (χ1n) is 9.89. The maximum atomic E-state index is 12.4. The van der Waals surface area contributed by atoms with E-state index in [1.807, 2.05) is 19.1 Å². The van der Waals surface area contributed by atoms with E-state index in [4.69, 9.17) is 4.74 Å². The molecule has 1 aromatic rings. The standard InChI is InChI=1S/C20H28N4O3S/c1-4-23(5-2)11-12-27-19(25)24-20(26)28-14(3)18(22-24)16-8-9-17-15(13-16)7-6-10-21-17/h8-9,13-14,21H,4-7,10-12H2,1-3H3. The SMILES string of the molecule is CCN(CC)CCOC(=O)N1N=C(c2ccc3c(c2)CCCN3)C(C)SC1=O. The maximum absolute atomic E-state index is 12.4. The molecule has 0 aliphatic carbocycles. The Labute approximate surface area is 170 Å². The first kappa shape index (κ1) is 20.7. The lowest BCUT2D eigenvalue weighted by Gasteiger charge is -2.26. The Morgan fingerprint density at radius 3 is 2.93 bits per heavy atom. The van der Waals surface area contributed by atoms with Crippen molar-refractivity contribution in [3.8, 4) is 0 Å². The zero-order chi connectivity index (χ0) is 20.1. The third-order valence-electron chi connectivity index (χ3n) is 5.08. The van der Waals surface area contributed by atoms with E-state index >= 15 is 0 Å². The predicted molar refractivity (Wildman–Crippen MR) is 113 cm³/mol. The molecule has 2 amide bonds. The van der Waals surface area contributed by atoms with E-state index in [1.165, 1.54) is 5.56 Å². The van der Waals surface area contributed by atoms with E-state index in [0.29, 0.717) is 6.54 Å². The summed E-state index contributed by atoms with van der Waals surface area (Å²) in [4.78, 5) is 26.9. The molecule has 2 aliphatic heterocycles. The minimum absolute atomic E-state index is 0.123. The molecule has 1 unspecified atom stereocenters. The van der Waals surface area contributed by atoms with E-state index in [9.17, 15) is 9.59 Å². The van der Waals surface area contributed by atoms with Crippen molar-refractivity contribution in [2.45, 2.75) is 38.9 Å². The number of amides is 2. The first-order valence-corrected chi connectivity index (χ1v) is 10.8. The van der Waals surface area contributed by atoms with Crippen LogP contribution >= 0.6 is 11.8 Å². The third kappa shape index (κ3) is 4.67. The molecule has 0 bridgehead atoms. The van der Waals surface area contributed by atoms with Crippen LogP contribution in [-0.2, 0) is 11.2 Å². The number of nitrogens with zero attached hydrogens (tertiary/aromatic N) is 3. The van der Waals surface area contributed by atoms with Crippen molar-refractivity contribution < 1.29 is 14.3 Å². The number of aryl methyl sites for hydroxylation is 1. The van der Waals surface area contributed by atoms with Gasteiger partial charge in [-0.1, -0.05) is 31.7 Å². The van der Waals surface area contributed by atoms with Crippen molar-refractivity contribution in [3.63, 3.8) is 0 Å². The summed E-state index contributed by atoms with van der Waals surface area (Å²) < 4.78 is 5.29. The molecule has 0 aromatic heterocycles. The number of anilines is 1. The highest BCUT2D eigenvalue weighted by molar-refractivity contribution is 8.14. The van der Waals surface area contributed by atoms with E-state index in [2.05, 4.69) is 35.2 Å². The lowest BCUT2D eigenvalue weighted by Crippen LogP contribution is -2.39. The Hall–Kier alpha value is -2.06. The molecule has 28 heavy (non-hydrogen) atoms. The molecular formula is C20H28N4O3S. The zero-order valence-electron chi connectivity index (χ0n) is 16.7. The van der Waals surface area contributed by atoms with Crippen LogP contribution in [0.1, 0.15) is 38.3 Å². The van der Waals surface area contributed by atoms with Crippen LogP contribution in [0, 0.1) is 0 Å². The Morgan fingerprint density at radius 1 is 1.39 bits per heavy atom. The van der Waals surface area contributed by atoms with Crippen molar-refractivity contribution in [2.24, 2.45) is 5.10 Å². The largest absolute Gasteiger partial charge is 0.446 e. The number of fused-ring (bicyclic) bond motifs is 1. The second kappa shape index (κ2) is 9.43. The van der Waals surface area contributed by atoms with E-state index in [0.717, 1.165) is 66.2 Å². The molecule has 152 valence electrons. The number of thioether (sulfide) groups is 1. The van der Waals surface area contributed by atoms with Crippen molar-refractivity contribution >= 4 is 34.5 Å². The van der Waals surface area contributed by atoms with Gasteiger partial charge in [0.15, 0.2) is 0 Å². The number of hydrazone groups is 1. The van der Waals surface area contributed by atoms with Gasteiger partial charge in [-0.25, -0.2) is 4.79 Å². The number of ether oxygens (including phenoxy) is 1. The van der Waals surface area contributed by atoms with Gasteiger partial charge in [0.1, 0.15) is 6.61 Å². The van der Waals surface area contributed by atoms with Gasteiger partial charge in [-0.2, -0.15) is 5.10 Å². The average Bonchev–Trinajstić information content (AvgIpc) is 2.71. The summed E-state index contributed by atoms with van der Waals surface area (Å²) in [6, 6.07) is 6.15. The lowest BCUT2D eigenvalue weighted by atomic mass is 9.98. The van der Waals surface area contributed by atoms with Crippen molar-refractivity contribution in [1.29, 1.82) is 0 Å². The summed E-state index contributed by atoms with van der Waals surface area (Å²) >= 11 is 1.10. The molecule has 2 heterocycles. The molecule has 0 saturated carbocycles. The Morgan fingerprint density at radius 2 is 2.18 bits per heavy atom. The van der Waals surface area contributed by atoms with Gasteiger partial charge in [0.2, 0.25) is 0 Å². The predicted octanol–water partition coefficient (Wildman–Crippen LogP) is 3.78. The van der Waals surface area contributed by atoms with Crippen molar-refractivity contribution in [2.75, 3.05) is 38.1 Å². The van der Waals surface area contributed by atoms with Gasteiger partial charge in [0.25, 0.3) is 0 Å². The fourth-order valence-corrected chi connectivity index (χ4v) is 4.20. The Kier molecular flexibility index (Phi) is 6.96. The van der Waals surface area contributed by atoms with Gasteiger partial charge in [-0.15, -0.1) is 5.01 Å². The Balaban J connectivity index is 1.74. The lowest BCUT2D eigenvalue weighted by molar-refractivity contribution is 0.103. The van der Waals surface area contributed by atoms with Gasteiger partial charge in [0, 0.05) is 18.8 Å². The average molecular weight is 405 g/mol. The summed E-state index contributed by atoms with van der Waals surface area (Å²) in [7, 11) is 0. The van der Waals surface area contributed by atoms with Gasteiger partial charge in [0.05, 0.1) is 11.0 Å². The highest BCUT2D eigenvalue weighted by Gasteiger charge is 2.33. The van der Waals surface area contributed by atoms with Crippen LogP contribution < -0.4 is 5.32 Å². The number of carbonyl (C=O) groups excluding carboxylic acids is 2. The number of benzene rings is 1. The molecule has 0 saturated heterocycles. The van der Waals surface area contributed by atoms with Gasteiger partial charge >= 0.3 is 11.3 Å². The summed E-state index contributed by atoms with van der Waals surface area (Å²) in [5.74, 6) is 0. The molecule has 1 N–H and O–H groups in total. The molecular weight excluding hydrogens is 376 g/mol. The first-order chi connectivity index (χ1) is 13.5. The van der Waals surface area contributed by atoms with Crippen LogP contribution in [0.4, 0.5) is 15.3 Å². The summed E-state index contributed by atoms with van der Waals surface area (Å²) in [6.45, 7) is 9.69. The second-order valence-corrected chi connectivity index (χ2v) is 8.16. The highest BCUT2D eigenvalue weighted by atomic mass is 32.2. The quantitative estimate of drug-likeness (QED) is 0.778. The number of imide groups is 1. The van der Waals surface area contributed by atoms with Crippen LogP contribution in [0.5, 0.6) is 0 Å². The van der Waals surface area contributed by atoms with Gasteiger partial charge in [-0.3, -0.25) is 4.79 Å². The minimum Gasteiger partial charge on any atom is -0.446 e. The molecule has 7 nitrogen and oxygen atoms in total. The summed E-state index contributed by atoms with van der Waals surface area (Å²) in [6.07, 6.45) is 1.39. The highest BCUT2D eigenvalue weighted by Crippen LogP contribution is 2.29. The van der Waals surface area contributed by atoms with E-state index in [1.54, 1.807) is 0 Å². The number of hydrogen-bond acceptors (Lipinski definition) is 7. The van der Waals surface area contributed by atoms with E-state index in [-0.39, 0.29) is 11.9 Å². The molecule has 0 radical (unpaired) electrons. The van der Waals surface area contributed by atoms with Crippen LogP contribution in [-0.4, -0.2) is 65.0 Å². The summed E-state index contributed by atoms with van der Waals surface area (Å²) in [5.41, 5.74) is 4.05. The van der Waals surface area contributed by atoms with Crippen molar-refractivity contribution in [1.82, 2.24) is 9.91 Å². The fourth-order valence-electron chi connectivity index (χ4n) is 3.39.